The first kappa shape index (κ1) is 14.2. The average Bonchev–Trinajstić information content (AvgIpc) is 2.99. The molecular formula is C12H17N5O3S. The molecule has 1 atom stereocenters. The summed E-state index contributed by atoms with van der Waals surface area (Å²) in [6, 6.07) is 1.80. The summed E-state index contributed by atoms with van der Waals surface area (Å²) in [6.45, 7) is 2.45. The molecule has 0 amide bonds. The number of nitrogens with zero attached hydrogens (tertiary/aromatic N) is 4. The van der Waals surface area contributed by atoms with E-state index in [0.29, 0.717) is 44.1 Å². The maximum Gasteiger partial charge on any atom is 0.171 e. The van der Waals surface area contributed by atoms with E-state index >= 15 is 0 Å². The SMILES string of the molecule is N#Cc1c(N2CCOCC2)nn(C2CCS(=O)(=O)C2)c1N. The predicted molar refractivity (Wildman–Crippen MR) is 76.7 cm³/mol. The van der Waals surface area contributed by atoms with E-state index in [1.165, 1.54) is 4.68 Å². The standard InChI is InChI=1S/C12H17N5O3S/c13-7-10-11(14)17(9-1-6-21(18,19)8-9)15-12(10)16-2-4-20-5-3-16/h9H,1-6,8,14H2. The lowest BCUT2D eigenvalue weighted by atomic mass is 10.2. The Hall–Kier alpha value is -1.79. The molecule has 1 unspecified atom stereocenters. The van der Waals surface area contributed by atoms with Crippen molar-refractivity contribution in [1.29, 1.82) is 5.26 Å². The van der Waals surface area contributed by atoms with Crippen molar-refractivity contribution >= 4 is 21.5 Å². The van der Waals surface area contributed by atoms with Crippen LogP contribution >= 0.6 is 0 Å². The zero-order valence-corrected chi connectivity index (χ0v) is 12.3. The molecule has 0 saturated carbocycles. The molecule has 0 aliphatic carbocycles. The maximum atomic E-state index is 11.6. The molecule has 0 bridgehead atoms. The van der Waals surface area contributed by atoms with Crippen LogP contribution in [0.4, 0.5) is 11.6 Å². The van der Waals surface area contributed by atoms with Crippen LogP contribution in [0.25, 0.3) is 0 Å². The zero-order valence-electron chi connectivity index (χ0n) is 11.5. The van der Waals surface area contributed by atoms with Crippen LogP contribution in [0.2, 0.25) is 0 Å². The van der Waals surface area contributed by atoms with Crippen molar-refractivity contribution in [3.63, 3.8) is 0 Å². The molecule has 0 spiro atoms. The van der Waals surface area contributed by atoms with E-state index in [1.807, 2.05) is 4.90 Å². The highest BCUT2D eigenvalue weighted by molar-refractivity contribution is 7.91. The summed E-state index contributed by atoms with van der Waals surface area (Å²) in [5.41, 5.74) is 6.34. The third-order valence-corrected chi connectivity index (χ3v) is 5.66. The number of morpholine rings is 1. The molecule has 3 rings (SSSR count). The second-order valence-corrected chi connectivity index (χ2v) is 7.53. The quantitative estimate of drug-likeness (QED) is 0.785. The monoisotopic (exact) mass is 311 g/mol. The highest BCUT2D eigenvalue weighted by Crippen LogP contribution is 2.31. The van der Waals surface area contributed by atoms with Gasteiger partial charge in [-0.15, -0.1) is 0 Å². The van der Waals surface area contributed by atoms with Crippen molar-refractivity contribution in [2.24, 2.45) is 0 Å². The van der Waals surface area contributed by atoms with Crippen molar-refractivity contribution in [2.75, 3.05) is 48.4 Å². The number of hydrogen-bond donors (Lipinski definition) is 1. The number of nitriles is 1. The van der Waals surface area contributed by atoms with Crippen LogP contribution in [0.15, 0.2) is 0 Å². The molecule has 1 aromatic heterocycles. The fourth-order valence-electron chi connectivity index (χ4n) is 2.79. The van der Waals surface area contributed by atoms with E-state index in [1.54, 1.807) is 0 Å². The fourth-order valence-corrected chi connectivity index (χ4v) is 4.48. The number of anilines is 2. The second kappa shape index (κ2) is 5.20. The molecule has 0 aromatic carbocycles. The Bertz CT molecular complexity index is 684. The Balaban J connectivity index is 1.96. The van der Waals surface area contributed by atoms with Gasteiger partial charge in [0.1, 0.15) is 17.5 Å². The Morgan fingerprint density at radius 3 is 2.67 bits per heavy atom. The summed E-state index contributed by atoms with van der Waals surface area (Å²) < 4.78 is 30.0. The molecule has 2 fully saturated rings. The van der Waals surface area contributed by atoms with Crippen molar-refractivity contribution in [3.8, 4) is 6.07 Å². The first-order valence-corrected chi connectivity index (χ1v) is 8.65. The molecule has 9 heteroatoms. The first-order valence-electron chi connectivity index (χ1n) is 6.83. The van der Waals surface area contributed by atoms with Crippen LogP contribution in [-0.4, -0.2) is 56.0 Å². The molecule has 0 radical (unpaired) electrons. The molecular weight excluding hydrogens is 294 g/mol. The van der Waals surface area contributed by atoms with E-state index in [-0.39, 0.29) is 23.4 Å². The molecule has 114 valence electrons. The van der Waals surface area contributed by atoms with E-state index in [4.69, 9.17) is 10.5 Å². The fraction of sp³-hybridized carbons (Fsp3) is 0.667. The number of aromatic nitrogens is 2. The summed E-state index contributed by atoms with van der Waals surface area (Å²) in [5.74, 6) is 0.960. The van der Waals surface area contributed by atoms with Gasteiger partial charge in [0.05, 0.1) is 30.8 Å². The lowest BCUT2D eigenvalue weighted by Gasteiger charge is -2.26. The van der Waals surface area contributed by atoms with Crippen LogP contribution in [0.1, 0.15) is 18.0 Å². The number of ether oxygens (including phenoxy) is 1. The Morgan fingerprint density at radius 1 is 1.38 bits per heavy atom. The van der Waals surface area contributed by atoms with Gasteiger partial charge in [0.15, 0.2) is 15.7 Å². The minimum atomic E-state index is -3.03. The molecule has 21 heavy (non-hydrogen) atoms. The van der Waals surface area contributed by atoms with Crippen LogP contribution < -0.4 is 10.6 Å². The van der Waals surface area contributed by atoms with Crippen LogP contribution in [0.3, 0.4) is 0 Å². The number of rotatable bonds is 2. The number of nitrogens with two attached hydrogens (primary N) is 1. The van der Waals surface area contributed by atoms with Gasteiger partial charge in [-0.05, 0) is 6.42 Å². The number of nitrogen functional groups attached to an aromatic ring is 1. The van der Waals surface area contributed by atoms with Crippen molar-refractivity contribution in [1.82, 2.24) is 9.78 Å². The van der Waals surface area contributed by atoms with Crippen LogP contribution in [-0.2, 0) is 14.6 Å². The van der Waals surface area contributed by atoms with Gasteiger partial charge in [0.25, 0.3) is 0 Å². The summed E-state index contributed by atoms with van der Waals surface area (Å²) in [7, 11) is -3.03. The second-order valence-electron chi connectivity index (χ2n) is 5.30. The minimum Gasteiger partial charge on any atom is -0.383 e. The van der Waals surface area contributed by atoms with Gasteiger partial charge in [-0.2, -0.15) is 10.4 Å². The highest BCUT2D eigenvalue weighted by Gasteiger charge is 2.33. The van der Waals surface area contributed by atoms with Gasteiger partial charge in [0.2, 0.25) is 0 Å². The molecule has 8 nitrogen and oxygen atoms in total. The minimum absolute atomic E-state index is 0.0340. The lowest BCUT2D eigenvalue weighted by Crippen LogP contribution is -2.37. The Kier molecular flexibility index (Phi) is 3.51. The van der Waals surface area contributed by atoms with Gasteiger partial charge >= 0.3 is 0 Å². The maximum absolute atomic E-state index is 11.6. The molecule has 2 aliphatic heterocycles. The smallest absolute Gasteiger partial charge is 0.171 e. The zero-order chi connectivity index (χ0) is 15.0. The van der Waals surface area contributed by atoms with Gasteiger partial charge in [-0.3, -0.25) is 0 Å². The van der Waals surface area contributed by atoms with Gasteiger partial charge in [-0.25, -0.2) is 13.1 Å². The third-order valence-electron chi connectivity index (χ3n) is 3.91. The largest absolute Gasteiger partial charge is 0.383 e. The van der Waals surface area contributed by atoms with E-state index < -0.39 is 9.84 Å². The van der Waals surface area contributed by atoms with Crippen molar-refractivity contribution in [3.05, 3.63) is 5.56 Å². The third kappa shape index (κ3) is 2.56. The molecule has 2 aliphatic rings. The van der Waals surface area contributed by atoms with Crippen LogP contribution in [0, 0.1) is 11.3 Å². The topological polar surface area (TPSA) is 114 Å². The van der Waals surface area contributed by atoms with Crippen LogP contribution in [0.5, 0.6) is 0 Å². The molecule has 3 heterocycles. The van der Waals surface area contributed by atoms with Gasteiger partial charge in [0, 0.05) is 13.1 Å². The summed E-state index contributed by atoms with van der Waals surface area (Å²) in [5, 5.41) is 13.8. The molecule has 1 aromatic rings. The highest BCUT2D eigenvalue weighted by atomic mass is 32.2. The number of sulfone groups is 1. The van der Waals surface area contributed by atoms with Crippen molar-refractivity contribution in [2.45, 2.75) is 12.5 Å². The average molecular weight is 311 g/mol. The van der Waals surface area contributed by atoms with E-state index in [0.717, 1.165) is 0 Å². The molecule has 2 N–H and O–H groups in total. The number of hydrogen-bond acceptors (Lipinski definition) is 7. The lowest BCUT2D eigenvalue weighted by molar-refractivity contribution is 0.122. The Morgan fingerprint density at radius 2 is 2.10 bits per heavy atom. The Labute approximate surface area is 123 Å². The summed E-state index contributed by atoms with van der Waals surface area (Å²) in [6.07, 6.45) is 0.488. The predicted octanol–water partition coefficient (Wildman–Crippen LogP) is -0.467. The first-order chi connectivity index (χ1) is 10.0. The summed E-state index contributed by atoms with van der Waals surface area (Å²) in [4.78, 5) is 1.96. The normalized spacial score (nSPS) is 24.9. The van der Waals surface area contributed by atoms with Gasteiger partial charge in [-0.1, -0.05) is 0 Å². The molecule has 2 saturated heterocycles. The van der Waals surface area contributed by atoms with E-state index in [9.17, 15) is 13.7 Å². The van der Waals surface area contributed by atoms with Gasteiger partial charge < -0.3 is 15.4 Å². The van der Waals surface area contributed by atoms with Crippen molar-refractivity contribution < 1.29 is 13.2 Å². The van der Waals surface area contributed by atoms with E-state index in [2.05, 4.69) is 11.2 Å². The summed E-state index contributed by atoms with van der Waals surface area (Å²) >= 11 is 0.